The summed E-state index contributed by atoms with van der Waals surface area (Å²) in [6, 6.07) is 9.86. The molecule has 24 heavy (non-hydrogen) atoms. The Labute approximate surface area is 145 Å². The molecule has 0 saturated heterocycles. The summed E-state index contributed by atoms with van der Waals surface area (Å²) in [5.74, 6) is 0.694. The molecule has 1 atom stereocenters. The number of imidazole rings is 1. The Morgan fingerprint density at radius 2 is 2.29 bits per heavy atom. The van der Waals surface area contributed by atoms with Gasteiger partial charge >= 0.3 is 0 Å². The third-order valence-electron chi connectivity index (χ3n) is 4.46. The zero-order valence-corrected chi connectivity index (χ0v) is 14.3. The van der Waals surface area contributed by atoms with Gasteiger partial charge in [-0.1, -0.05) is 13.0 Å². The van der Waals surface area contributed by atoms with Gasteiger partial charge in [-0.25, -0.2) is 4.98 Å². The van der Waals surface area contributed by atoms with E-state index in [2.05, 4.69) is 23.3 Å². The number of rotatable bonds is 3. The molecule has 1 aliphatic rings. The highest BCUT2D eigenvalue weighted by Gasteiger charge is 2.20. The fourth-order valence-electron chi connectivity index (χ4n) is 3.17. The molecule has 0 spiro atoms. The molecule has 122 valence electrons. The minimum absolute atomic E-state index is 0.0233. The summed E-state index contributed by atoms with van der Waals surface area (Å²) in [6.45, 7) is 2.28. The number of carbonyl (C=O) groups is 1. The lowest BCUT2D eigenvalue weighted by atomic mass is 9.90. The number of anilines is 1. The molecule has 5 heteroatoms. The van der Waals surface area contributed by atoms with Crippen LogP contribution in [0.2, 0.25) is 0 Å². The van der Waals surface area contributed by atoms with Gasteiger partial charge in [0.2, 0.25) is 0 Å². The van der Waals surface area contributed by atoms with Gasteiger partial charge in [-0.3, -0.25) is 4.79 Å². The Hall–Kier alpha value is -2.40. The minimum atomic E-state index is -0.0233. The molecule has 2 heterocycles. The predicted molar refractivity (Wildman–Crippen MR) is 97.0 cm³/mol. The molecular weight excluding hydrogens is 318 g/mol. The van der Waals surface area contributed by atoms with E-state index in [4.69, 9.17) is 0 Å². The van der Waals surface area contributed by atoms with Crippen LogP contribution in [0.3, 0.4) is 0 Å². The largest absolute Gasteiger partial charge is 0.321 e. The number of aryl methyl sites for hydroxylation is 1. The topological polar surface area (TPSA) is 46.9 Å². The van der Waals surface area contributed by atoms with E-state index in [0.29, 0.717) is 0 Å². The SMILES string of the molecule is C[C@H]1CCc2sc(C(=O)Nc3cccc(-n4ccnc4)c3)cc2C1. The Bertz CT molecular complexity index is 867. The van der Waals surface area contributed by atoms with Crippen molar-refractivity contribution < 1.29 is 4.79 Å². The van der Waals surface area contributed by atoms with Crippen LogP contribution >= 0.6 is 11.3 Å². The van der Waals surface area contributed by atoms with Gasteiger partial charge in [0, 0.05) is 28.6 Å². The van der Waals surface area contributed by atoms with Gasteiger partial charge in [0.25, 0.3) is 5.91 Å². The van der Waals surface area contributed by atoms with Crippen LogP contribution in [-0.4, -0.2) is 15.5 Å². The summed E-state index contributed by atoms with van der Waals surface area (Å²) in [5.41, 5.74) is 3.13. The van der Waals surface area contributed by atoms with E-state index in [0.717, 1.165) is 35.0 Å². The first-order valence-corrected chi connectivity index (χ1v) is 9.02. The van der Waals surface area contributed by atoms with Gasteiger partial charge < -0.3 is 9.88 Å². The van der Waals surface area contributed by atoms with E-state index in [-0.39, 0.29) is 5.91 Å². The number of hydrogen-bond donors (Lipinski definition) is 1. The monoisotopic (exact) mass is 337 g/mol. The van der Waals surface area contributed by atoms with Crippen LogP contribution in [0.1, 0.15) is 33.5 Å². The van der Waals surface area contributed by atoms with Crippen LogP contribution in [0.4, 0.5) is 5.69 Å². The van der Waals surface area contributed by atoms with Crippen molar-refractivity contribution >= 4 is 22.9 Å². The molecule has 3 aromatic rings. The molecule has 4 rings (SSSR count). The Morgan fingerprint density at radius 3 is 3.12 bits per heavy atom. The van der Waals surface area contributed by atoms with Crippen molar-refractivity contribution in [3.63, 3.8) is 0 Å². The molecule has 0 saturated carbocycles. The van der Waals surface area contributed by atoms with Crippen molar-refractivity contribution in [1.29, 1.82) is 0 Å². The van der Waals surface area contributed by atoms with Gasteiger partial charge in [-0.05, 0) is 55.0 Å². The quantitative estimate of drug-likeness (QED) is 0.774. The first-order chi connectivity index (χ1) is 11.7. The Kier molecular flexibility index (Phi) is 3.94. The standard InChI is InChI=1S/C19H19N3OS/c1-13-5-6-17-14(9-13)10-18(24-17)19(23)21-15-3-2-4-16(11-15)22-8-7-20-12-22/h2-4,7-8,10-13H,5-6,9H2,1H3,(H,21,23)/t13-/m0/s1. The van der Waals surface area contributed by atoms with E-state index in [1.54, 1.807) is 23.9 Å². The maximum Gasteiger partial charge on any atom is 0.265 e. The van der Waals surface area contributed by atoms with Crippen molar-refractivity contribution in [3.8, 4) is 5.69 Å². The van der Waals surface area contributed by atoms with E-state index in [1.165, 1.54) is 16.9 Å². The fraction of sp³-hybridized carbons (Fsp3) is 0.263. The van der Waals surface area contributed by atoms with Gasteiger partial charge in [0.05, 0.1) is 11.2 Å². The number of amides is 1. The lowest BCUT2D eigenvalue weighted by Gasteiger charge is -2.16. The average Bonchev–Trinajstić information content (AvgIpc) is 3.24. The van der Waals surface area contributed by atoms with Crippen LogP contribution in [0, 0.1) is 5.92 Å². The molecule has 4 nitrogen and oxygen atoms in total. The smallest absolute Gasteiger partial charge is 0.265 e. The molecule has 1 aromatic carbocycles. The second-order valence-electron chi connectivity index (χ2n) is 6.38. The number of nitrogens with zero attached hydrogens (tertiary/aromatic N) is 2. The molecule has 0 fully saturated rings. The number of fused-ring (bicyclic) bond motifs is 1. The zero-order valence-electron chi connectivity index (χ0n) is 13.5. The molecular formula is C19H19N3OS. The Balaban J connectivity index is 1.53. The van der Waals surface area contributed by atoms with Gasteiger partial charge in [-0.2, -0.15) is 0 Å². The second kappa shape index (κ2) is 6.24. The number of hydrogen-bond acceptors (Lipinski definition) is 3. The molecule has 1 aliphatic carbocycles. The summed E-state index contributed by atoms with van der Waals surface area (Å²) in [5, 5.41) is 3.02. The van der Waals surface area contributed by atoms with Crippen LogP contribution in [-0.2, 0) is 12.8 Å². The van der Waals surface area contributed by atoms with Crippen molar-refractivity contribution in [2.45, 2.75) is 26.2 Å². The molecule has 1 N–H and O–H groups in total. The van der Waals surface area contributed by atoms with Gasteiger partial charge in [0.1, 0.15) is 0 Å². The van der Waals surface area contributed by atoms with Crippen LogP contribution in [0.15, 0.2) is 49.1 Å². The summed E-state index contributed by atoms with van der Waals surface area (Å²) in [6.07, 6.45) is 8.79. The average molecular weight is 337 g/mol. The first kappa shape index (κ1) is 15.1. The molecule has 0 aliphatic heterocycles. The summed E-state index contributed by atoms with van der Waals surface area (Å²) < 4.78 is 1.92. The number of nitrogens with one attached hydrogen (secondary N) is 1. The number of carbonyl (C=O) groups excluding carboxylic acids is 1. The summed E-state index contributed by atoms with van der Waals surface area (Å²) in [4.78, 5) is 18.8. The highest BCUT2D eigenvalue weighted by atomic mass is 32.1. The number of thiophene rings is 1. The van der Waals surface area contributed by atoms with E-state index >= 15 is 0 Å². The lowest BCUT2D eigenvalue weighted by Crippen LogP contribution is -2.10. The Morgan fingerprint density at radius 1 is 1.38 bits per heavy atom. The lowest BCUT2D eigenvalue weighted by molar-refractivity contribution is 0.103. The first-order valence-electron chi connectivity index (χ1n) is 8.20. The summed E-state index contributed by atoms with van der Waals surface area (Å²) in [7, 11) is 0. The van der Waals surface area contributed by atoms with Crippen molar-refractivity contribution in [3.05, 3.63) is 64.4 Å². The van der Waals surface area contributed by atoms with E-state index in [1.807, 2.05) is 35.0 Å². The summed E-state index contributed by atoms with van der Waals surface area (Å²) >= 11 is 1.64. The second-order valence-corrected chi connectivity index (χ2v) is 7.52. The highest BCUT2D eigenvalue weighted by molar-refractivity contribution is 7.14. The van der Waals surface area contributed by atoms with Gasteiger partial charge in [-0.15, -0.1) is 11.3 Å². The molecule has 0 unspecified atom stereocenters. The molecule has 0 radical (unpaired) electrons. The number of benzene rings is 1. The van der Waals surface area contributed by atoms with E-state index < -0.39 is 0 Å². The molecule has 2 aromatic heterocycles. The van der Waals surface area contributed by atoms with Crippen LogP contribution < -0.4 is 5.32 Å². The normalized spacial score (nSPS) is 16.6. The number of aromatic nitrogens is 2. The zero-order chi connectivity index (χ0) is 16.5. The molecule has 0 bridgehead atoms. The maximum absolute atomic E-state index is 12.6. The van der Waals surface area contributed by atoms with Crippen molar-refractivity contribution in [2.24, 2.45) is 5.92 Å². The molecule has 1 amide bonds. The van der Waals surface area contributed by atoms with Crippen LogP contribution in [0.5, 0.6) is 0 Å². The van der Waals surface area contributed by atoms with E-state index in [9.17, 15) is 4.79 Å². The van der Waals surface area contributed by atoms with Crippen molar-refractivity contribution in [1.82, 2.24) is 9.55 Å². The minimum Gasteiger partial charge on any atom is -0.321 e. The fourth-order valence-corrected chi connectivity index (χ4v) is 4.27. The van der Waals surface area contributed by atoms with Crippen LogP contribution in [0.25, 0.3) is 5.69 Å². The third-order valence-corrected chi connectivity index (χ3v) is 5.70. The van der Waals surface area contributed by atoms with Gasteiger partial charge in [0.15, 0.2) is 0 Å². The van der Waals surface area contributed by atoms with Crippen molar-refractivity contribution in [2.75, 3.05) is 5.32 Å². The predicted octanol–water partition coefficient (Wildman–Crippen LogP) is 4.31. The third kappa shape index (κ3) is 2.99. The highest BCUT2D eigenvalue weighted by Crippen LogP contribution is 2.32. The maximum atomic E-state index is 12.6.